The Hall–Kier alpha value is -1.31. The highest BCUT2D eigenvalue weighted by Crippen LogP contribution is 2.38. The Labute approximate surface area is 105 Å². The lowest BCUT2D eigenvalue weighted by Crippen LogP contribution is -2.24. The molecule has 0 saturated heterocycles. The predicted octanol–water partition coefficient (Wildman–Crippen LogP) is 2.96. The second-order valence-electron chi connectivity index (χ2n) is 4.90. The van der Waals surface area contributed by atoms with Crippen LogP contribution in [-0.2, 0) is 13.6 Å². The van der Waals surface area contributed by atoms with E-state index in [1.165, 1.54) is 12.8 Å². The molecule has 1 heterocycles. The maximum absolute atomic E-state index is 3.96. The van der Waals surface area contributed by atoms with Gasteiger partial charge >= 0.3 is 0 Å². The Kier molecular flexibility index (Phi) is 4.73. The van der Waals surface area contributed by atoms with Crippen LogP contribution in [0.15, 0.2) is 44.0 Å². The zero-order valence-electron chi connectivity index (χ0n) is 10.0. The Morgan fingerprint density at radius 1 is 1.35 bits per heavy atom. The van der Waals surface area contributed by atoms with Crippen LogP contribution in [0.1, 0.15) is 20.3 Å². The molecule has 1 aromatic rings. The summed E-state index contributed by atoms with van der Waals surface area (Å²) in [6.07, 6.45) is 13.1. The number of rotatable bonds is 4. The summed E-state index contributed by atoms with van der Waals surface area (Å²) in [6, 6.07) is 0. The van der Waals surface area contributed by atoms with E-state index in [4.69, 9.17) is 0 Å². The van der Waals surface area contributed by atoms with Gasteiger partial charge in [0.25, 0.3) is 0 Å². The second-order valence-corrected chi connectivity index (χ2v) is 4.90. The summed E-state index contributed by atoms with van der Waals surface area (Å²) >= 11 is 0. The highest BCUT2D eigenvalue weighted by atomic mass is 15.1. The molecule has 3 atom stereocenters. The first-order valence-electron chi connectivity index (χ1n) is 5.99. The van der Waals surface area contributed by atoms with E-state index in [-0.39, 0.29) is 7.43 Å². The summed E-state index contributed by atoms with van der Waals surface area (Å²) in [5.41, 5.74) is 0. The van der Waals surface area contributed by atoms with Crippen LogP contribution >= 0.6 is 0 Å². The van der Waals surface area contributed by atoms with Gasteiger partial charge in [-0.25, -0.2) is 9.13 Å². The molecule has 1 saturated carbocycles. The number of allylic oxidation sites excluding steroid dienone is 2. The second kappa shape index (κ2) is 5.85. The minimum absolute atomic E-state index is 0. The smallest absolute Gasteiger partial charge is 0.240 e. The van der Waals surface area contributed by atoms with E-state index >= 15 is 0 Å². The van der Waals surface area contributed by atoms with Crippen molar-refractivity contribution >= 4 is 0 Å². The van der Waals surface area contributed by atoms with Crippen molar-refractivity contribution in [1.82, 2.24) is 4.57 Å². The number of aryl methyl sites for hydroxylation is 1. The molecule has 1 fully saturated rings. The summed E-state index contributed by atoms with van der Waals surface area (Å²) in [7, 11) is 2.06. The number of nitrogens with zero attached hydrogens (tertiary/aromatic N) is 2. The van der Waals surface area contributed by atoms with Gasteiger partial charge in [-0.05, 0) is 24.7 Å². The molecule has 0 N–H and O–H groups in total. The van der Waals surface area contributed by atoms with Crippen LogP contribution in [0.2, 0.25) is 0 Å². The molecule has 94 valence electrons. The van der Waals surface area contributed by atoms with Gasteiger partial charge in [0.05, 0.1) is 13.6 Å². The summed E-state index contributed by atoms with van der Waals surface area (Å²) < 4.78 is 4.36. The van der Waals surface area contributed by atoms with Gasteiger partial charge in [0, 0.05) is 5.92 Å². The third-order valence-electron chi connectivity index (χ3n) is 3.69. The average Bonchev–Trinajstić information content (AvgIpc) is 2.85. The molecule has 1 aromatic heterocycles. The van der Waals surface area contributed by atoms with Crippen LogP contribution in [0.4, 0.5) is 0 Å². The van der Waals surface area contributed by atoms with Gasteiger partial charge in [-0.15, -0.1) is 13.2 Å². The monoisotopic (exact) mass is 233 g/mol. The van der Waals surface area contributed by atoms with E-state index < -0.39 is 0 Å². The fourth-order valence-corrected chi connectivity index (χ4v) is 2.77. The molecule has 0 radical (unpaired) electrons. The fraction of sp³-hybridized carbons (Fsp3) is 0.533. The number of hydrogen-bond acceptors (Lipinski definition) is 0. The van der Waals surface area contributed by atoms with Gasteiger partial charge in [0.15, 0.2) is 0 Å². The summed E-state index contributed by atoms with van der Waals surface area (Å²) in [4.78, 5) is 0. The van der Waals surface area contributed by atoms with Crippen LogP contribution in [0.25, 0.3) is 0 Å². The molecule has 0 aromatic carbocycles. The highest BCUT2D eigenvalue weighted by molar-refractivity contribution is 4.98. The average molecular weight is 233 g/mol. The third kappa shape index (κ3) is 3.09. The van der Waals surface area contributed by atoms with Crippen molar-refractivity contribution < 1.29 is 4.57 Å². The molecule has 1 aliphatic rings. The topological polar surface area (TPSA) is 8.81 Å². The SMILES string of the molecule is C.C=CC1CC(C=C)C(Cn2cc[n+](C)c2)C1. The van der Waals surface area contributed by atoms with Crippen LogP contribution < -0.4 is 4.57 Å². The maximum atomic E-state index is 3.96. The van der Waals surface area contributed by atoms with E-state index in [9.17, 15) is 0 Å². The molecule has 2 heteroatoms. The zero-order valence-corrected chi connectivity index (χ0v) is 10.0. The minimum atomic E-state index is 0. The van der Waals surface area contributed by atoms with Crippen molar-refractivity contribution in [2.24, 2.45) is 24.8 Å². The van der Waals surface area contributed by atoms with Crippen molar-refractivity contribution in [2.75, 3.05) is 0 Å². The molecule has 17 heavy (non-hydrogen) atoms. The fourth-order valence-electron chi connectivity index (χ4n) is 2.77. The van der Waals surface area contributed by atoms with Crippen molar-refractivity contribution in [3.8, 4) is 0 Å². The molecule has 0 spiro atoms. The van der Waals surface area contributed by atoms with Crippen molar-refractivity contribution in [3.05, 3.63) is 44.0 Å². The van der Waals surface area contributed by atoms with E-state index in [0.717, 1.165) is 6.54 Å². The van der Waals surface area contributed by atoms with E-state index in [1.807, 2.05) is 0 Å². The normalized spacial score (nSPS) is 27.5. The lowest BCUT2D eigenvalue weighted by molar-refractivity contribution is -0.671. The zero-order chi connectivity index (χ0) is 11.5. The molecule has 0 bridgehead atoms. The first kappa shape index (κ1) is 13.8. The summed E-state index contributed by atoms with van der Waals surface area (Å²) in [5, 5.41) is 0. The van der Waals surface area contributed by atoms with Crippen molar-refractivity contribution in [2.45, 2.75) is 26.8 Å². The quantitative estimate of drug-likeness (QED) is 0.558. The standard InChI is InChI=1S/C14H21N2.CH4/c1-4-12-8-13(5-2)14(9-12)10-16-7-6-15(3)11-16;/h4-7,11-14H,1-2,8-10H2,3H3;1H4/q+1;. The van der Waals surface area contributed by atoms with Crippen LogP contribution in [0.3, 0.4) is 0 Å². The maximum Gasteiger partial charge on any atom is 0.243 e. The Morgan fingerprint density at radius 3 is 2.65 bits per heavy atom. The predicted molar refractivity (Wildman–Crippen MR) is 72.4 cm³/mol. The first-order valence-corrected chi connectivity index (χ1v) is 5.99. The summed E-state index contributed by atoms with van der Waals surface area (Å²) in [5.74, 6) is 2.04. The Morgan fingerprint density at radius 2 is 2.12 bits per heavy atom. The third-order valence-corrected chi connectivity index (χ3v) is 3.69. The van der Waals surface area contributed by atoms with Gasteiger partial charge in [-0.1, -0.05) is 19.6 Å². The Bertz CT molecular complexity index is 378. The van der Waals surface area contributed by atoms with Crippen LogP contribution in [0, 0.1) is 17.8 Å². The first-order chi connectivity index (χ1) is 7.72. The number of aromatic nitrogens is 2. The molecule has 0 amide bonds. The number of imidazole rings is 1. The van der Waals surface area contributed by atoms with E-state index in [0.29, 0.717) is 17.8 Å². The van der Waals surface area contributed by atoms with Crippen LogP contribution in [-0.4, -0.2) is 4.57 Å². The highest BCUT2D eigenvalue weighted by Gasteiger charge is 2.32. The molecule has 2 rings (SSSR count). The minimum Gasteiger partial charge on any atom is -0.240 e. The largest absolute Gasteiger partial charge is 0.243 e. The van der Waals surface area contributed by atoms with Gasteiger partial charge in [-0.2, -0.15) is 0 Å². The van der Waals surface area contributed by atoms with Crippen molar-refractivity contribution in [3.63, 3.8) is 0 Å². The van der Waals surface area contributed by atoms with E-state index in [2.05, 4.69) is 60.2 Å². The molecular weight excluding hydrogens is 208 g/mol. The molecule has 3 unspecified atom stereocenters. The van der Waals surface area contributed by atoms with Gasteiger partial charge in [0.1, 0.15) is 12.4 Å². The molecule has 1 aliphatic carbocycles. The Balaban J connectivity index is 0.00000144. The molecule has 0 aliphatic heterocycles. The number of hydrogen-bond donors (Lipinski definition) is 0. The molecule has 2 nitrogen and oxygen atoms in total. The summed E-state index contributed by atoms with van der Waals surface area (Å²) in [6.45, 7) is 8.97. The van der Waals surface area contributed by atoms with Gasteiger partial charge in [0.2, 0.25) is 6.33 Å². The van der Waals surface area contributed by atoms with Gasteiger partial charge < -0.3 is 0 Å². The lowest BCUT2D eigenvalue weighted by atomic mass is 9.96. The lowest BCUT2D eigenvalue weighted by Gasteiger charge is -2.12. The van der Waals surface area contributed by atoms with Gasteiger partial charge in [-0.3, -0.25) is 0 Å². The van der Waals surface area contributed by atoms with E-state index in [1.54, 1.807) is 0 Å². The molecular formula is C15H25N2+. The van der Waals surface area contributed by atoms with Crippen molar-refractivity contribution in [1.29, 1.82) is 0 Å². The van der Waals surface area contributed by atoms with Crippen LogP contribution in [0.5, 0.6) is 0 Å².